The molecule has 2 aliphatic rings. The van der Waals surface area contributed by atoms with Crippen LogP contribution in [0.5, 0.6) is 0 Å². The van der Waals surface area contributed by atoms with Crippen LogP contribution in [-0.2, 0) is 21.1 Å². The number of sulfone groups is 1. The Balaban J connectivity index is 1.43. The molecular weight excluding hydrogens is 358 g/mol. The second-order valence-electron chi connectivity index (χ2n) is 8.62. The Morgan fingerprint density at radius 2 is 1.67 bits per heavy atom. The lowest BCUT2D eigenvalue weighted by molar-refractivity contribution is -0.117. The van der Waals surface area contributed by atoms with Gasteiger partial charge in [0.05, 0.1) is 11.0 Å². The second kappa shape index (κ2) is 8.76. The van der Waals surface area contributed by atoms with E-state index in [1.807, 2.05) is 4.90 Å². The Bertz CT molecular complexity index is 731. The van der Waals surface area contributed by atoms with E-state index in [2.05, 4.69) is 24.3 Å². The molecule has 1 aliphatic carbocycles. The lowest BCUT2D eigenvalue weighted by atomic mass is 9.80. The highest BCUT2D eigenvalue weighted by molar-refractivity contribution is 7.91. The smallest absolute Gasteiger partial charge is 0.227 e. The van der Waals surface area contributed by atoms with Gasteiger partial charge in [0.2, 0.25) is 5.91 Å². The zero-order chi connectivity index (χ0) is 19.4. The topological polar surface area (TPSA) is 54.5 Å². The molecule has 3 rings (SSSR count). The van der Waals surface area contributed by atoms with Crippen LogP contribution in [0.2, 0.25) is 0 Å². The maximum atomic E-state index is 12.1. The van der Waals surface area contributed by atoms with E-state index in [-0.39, 0.29) is 11.2 Å². The summed E-state index contributed by atoms with van der Waals surface area (Å²) in [4.78, 5) is 13.7. The van der Waals surface area contributed by atoms with Gasteiger partial charge in [0.25, 0.3) is 0 Å². The van der Waals surface area contributed by atoms with Gasteiger partial charge in [-0.05, 0) is 75.5 Å². The number of nitrogens with zero attached hydrogens (tertiary/aromatic N) is 1. The Morgan fingerprint density at radius 3 is 2.22 bits per heavy atom. The van der Waals surface area contributed by atoms with Crippen molar-refractivity contribution in [1.82, 2.24) is 0 Å². The van der Waals surface area contributed by atoms with Gasteiger partial charge in [-0.1, -0.05) is 25.0 Å². The molecular formula is C22H33NO3S. The van der Waals surface area contributed by atoms with Crippen molar-refractivity contribution in [3.8, 4) is 0 Å². The molecule has 1 saturated carbocycles. The molecule has 150 valence electrons. The summed E-state index contributed by atoms with van der Waals surface area (Å²) in [7, 11) is -2.91. The van der Waals surface area contributed by atoms with Gasteiger partial charge in [-0.25, -0.2) is 8.42 Å². The van der Waals surface area contributed by atoms with Gasteiger partial charge < -0.3 is 4.90 Å². The van der Waals surface area contributed by atoms with E-state index in [0.29, 0.717) is 24.0 Å². The molecule has 2 fully saturated rings. The van der Waals surface area contributed by atoms with Crippen LogP contribution in [0.15, 0.2) is 24.3 Å². The minimum Gasteiger partial charge on any atom is -0.312 e. The SMILES string of the molecule is CC(C)S(=O)(=O)CC1CCC(CCc2ccc(N3CCCC3=O)cc2)CC1. The highest BCUT2D eigenvalue weighted by Gasteiger charge is 2.27. The van der Waals surface area contributed by atoms with Gasteiger partial charge in [0.15, 0.2) is 9.84 Å². The Kier molecular flexibility index (Phi) is 6.61. The van der Waals surface area contributed by atoms with Crippen LogP contribution in [0.4, 0.5) is 5.69 Å². The van der Waals surface area contributed by atoms with Crippen molar-refractivity contribution in [3.05, 3.63) is 29.8 Å². The van der Waals surface area contributed by atoms with Crippen LogP contribution >= 0.6 is 0 Å². The maximum absolute atomic E-state index is 12.1. The Morgan fingerprint density at radius 1 is 1.04 bits per heavy atom. The number of anilines is 1. The monoisotopic (exact) mass is 391 g/mol. The molecule has 0 atom stereocenters. The Labute approximate surface area is 164 Å². The summed E-state index contributed by atoms with van der Waals surface area (Å²) in [5.41, 5.74) is 2.35. The molecule has 1 amide bonds. The van der Waals surface area contributed by atoms with Gasteiger partial charge in [0.1, 0.15) is 0 Å². The van der Waals surface area contributed by atoms with Crippen LogP contribution in [0.3, 0.4) is 0 Å². The van der Waals surface area contributed by atoms with Crippen LogP contribution in [-0.4, -0.2) is 31.9 Å². The Hall–Kier alpha value is -1.36. The molecule has 4 nitrogen and oxygen atoms in total. The highest BCUT2D eigenvalue weighted by Crippen LogP contribution is 2.33. The van der Waals surface area contributed by atoms with Crippen molar-refractivity contribution in [2.45, 2.75) is 70.5 Å². The first kappa shape index (κ1) is 20.4. The number of hydrogen-bond acceptors (Lipinski definition) is 3. The van der Waals surface area contributed by atoms with Crippen LogP contribution in [0, 0.1) is 11.8 Å². The van der Waals surface area contributed by atoms with Crippen LogP contribution in [0.1, 0.15) is 64.4 Å². The average Bonchev–Trinajstić information content (AvgIpc) is 3.07. The van der Waals surface area contributed by atoms with E-state index in [0.717, 1.165) is 50.8 Å². The molecule has 0 unspecified atom stereocenters. The third kappa shape index (κ3) is 5.34. The molecule has 1 heterocycles. The van der Waals surface area contributed by atoms with E-state index < -0.39 is 9.84 Å². The van der Waals surface area contributed by atoms with E-state index in [1.165, 1.54) is 12.0 Å². The molecule has 0 spiro atoms. The first-order chi connectivity index (χ1) is 12.8. The van der Waals surface area contributed by atoms with Crippen LogP contribution < -0.4 is 4.90 Å². The summed E-state index contributed by atoms with van der Waals surface area (Å²) in [6.45, 7) is 4.41. The maximum Gasteiger partial charge on any atom is 0.227 e. The number of benzene rings is 1. The molecule has 1 aliphatic heterocycles. The summed E-state index contributed by atoms with van der Waals surface area (Å²) in [6.07, 6.45) is 8.26. The van der Waals surface area contributed by atoms with Gasteiger partial charge in [0, 0.05) is 18.7 Å². The van der Waals surface area contributed by atoms with E-state index >= 15 is 0 Å². The summed E-state index contributed by atoms with van der Waals surface area (Å²) in [5, 5.41) is -0.256. The average molecular weight is 392 g/mol. The van der Waals surface area contributed by atoms with Crippen molar-refractivity contribution >= 4 is 21.4 Å². The molecule has 1 saturated heterocycles. The number of carbonyl (C=O) groups is 1. The number of hydrogen-bond donors (Lipinski definition) is 0. The molecule has 0 bridgehead atoms. The first-order valence-corrected chi connectivity index (χ1v) is 12.2. The zero-order valence-electron chi connectivity index (χ0n) is 16.7. The summed E-state index contributed by atoms with van der Waals surface area (Å²) >= 11 is 0. The molecule has 1 aromatic rings. The third-order valence-corrected chi connectivity index (χ3v) is 8.69. The molecule has 5 heteroatoms. The molecule has 27 heavy (non-hydrogen) atoms. The van der Waals surface area contributed by atoms with E-state index in [1.54, 1.807) is 13.8 Å². The zero-order valence-corrected chi connectivity index (χ0v) is 17.5. The predicted octanol–water partition coefficient (Wildman–Crippen LogP) is 4.38. The first-order valence-electron chi connectivity index (χ1n) is 10.5. The van der Waals surface area contributed by atoms with Crippen molar-refractivity contribution in [2.24, 2.45) is 11.8 Å². The lowest BCUT2D eigenvalue weighted by Gasteiger charge is -2.29. The fraction of sp³-hybridized carbons (Fsp3) is 0.682. The molecule has 0 N–H and O–H groups in total. The minimum atomic E-state index is -2.91. The minimum absolute atomic E-state index is 0.235. The number of carbonyl (C=O) groups excluding carboxylic acids is 1. The fourth-order valence-corrected chi connectivity index (χ4v) is 5.72. The van der Waals surface area contributed by atoms with Crippen molar-refractivity contribution in [3.63, 3.8) is 0 Å². The quantitative estimate of drug-likeness (QED) is 0.693. The third-order valence-electron chi connectivity index (χ3n) is 6.32. The summed E-state index contributed by atoms with van der Waals surface area (Å²) in [6, 6.07) is 8.46. The largest absolute Gasteiger partial charge is 0.312 e. The van der Waals surface area contributed by atoms with Crippen LogP contribution in [0.25, 0.3) is 0 Å². The predicted molar refractivity (Wildman–Crippen MR) is 111 cm³/mol. The number of amides is 1. The van der Waals surface area contributed by atoms with Crippen molar-refractivity contribution in [1.29, 1.82) is 0 Å². The number of aryl methyl sites for hydroxylation is 1. The molecule has 0 aromatic heterocycles. The molecule has 0 radical (unpaired) electrons. The standard InChI is InChI=1S/C22H33NO3S/c1-17(2)27(25,26)16-20-9-7-18(8-10-20)5-6-19-11-13-21(14-12-19)23-15-3-4-22(23)24/h11-14,17-18,20H,3-10,15-16H2,1-2H3. The van der Waals surface area contributed by atoms with Crippen molar-refractivity contribution in [2.75, 3.05) is 17.2 Å². The summed E-state index contributed by atoms with van der Waals surface area (Å²) < 4.78 is 24.2. The lowest BCUT2D eigenvalue weighted by Crippen LogP contribution is -2.26. The van der Waals surface area contributed by atoms with Gasteiger partial charge in [-0.15, -0.1) is 0 Å². The summed E-state index contributed by atoms with van der Waals surface area (Å²) in [5.74, 6) is 1.67. The highest BCUT2D eigenvalue weighted by atomic mass is 32.2. The normalized spacial score (nSPS) is 24.0. The van der Waals surface area contributed by atoms with Gasteiger partial charge in [-0.2, -0.15) is 0 Å². The number of rotatable bonds is 7. The molecule has 1 aromatic carbocycles. The van der Waals surface area contributed by atoms with E-state index in [4.69, 9.17) is 0 Å². The van der Waals surface area contributed by atoms with Gasteiger partial charge >= 0.3 is 0 Å². The van der Waals surface area contributed by atoms with E-state index in [9.17, 15) is 13.2 Å². The second-order valence-corrected chi connectivity index (χ2v) is 11.2. The fourth-order valence-electron chi connectivity index (χ4n) is 4.34. The van der Waals surface area contributed by atoms with Gasteiger partial charge in [-0.3, -0.25) is 4.79 Å². The van der Waals surface area contributed by atoms with Crippen molar-refractivity contribution < 1.29 is 13.2 Å².